The summed E-state index contributed by atoms with van der Waals surface area (Å²) in [4.78, 5) is 12.1. The molecule has 0 aromatic heterocycles. The number of hydrogen-bond donors (Lipinski definition) is 1. The van der Waals surface area contributed by atoms with Crippen molar-refractivity contribution in [3.8, 4) is 11.5 Å². The van der Waals surface area contributed by atoms with Gasteiger partial charge in [0.1, 0.15) is 6.61 Å². The molecule has 2 aromatic rings. The summed E-state index contributed by atoms with van der Waals surface area (Å²) in [6.45, 7) is 4.99. The van der Waals surface area contributed by atoms with Crippen LogP contribution >= 0.6 is 0 Å². The molecular weight excluding hydrogens is 361 g/mol. The van der Waals surface area contributed by atoms with Gasteiger partial charge in [-0.2, -0.15) is 4.39 Å². The number of amides is 1. The SMILES string of the molecule is CCCCOc1cc(NC(=O)OCc2ccccc2)cc(OCCCC)c1F. The molecular formula is C22H28FNO4. The van der Waals surface area contributed by atoms with E-state index in [1.165, 1.54) is 12.1 Å². The molecule has 0 spiro atoms. The highest BCUT2D eigenvalue weighted by Crippen LogP contribution is 2.32. The van der Waals surface area contributed by atoms with Crippen molar-refractivity contribution < 1.29 is 23.4 Å². The highest BCUT2D eigenvalue weighted by Gasteiger charge is 2.15. The van der Waals surface area contributed by atoms with E-state index < -0.39 is 11.9 Å². The molecule has 2 rings (SSSR count). The van der Waals surface area contributed by atoms with E-state index in [9.17, 15) is 9.18 Å². The first-order valence-corrected chi connectivity index (χ1v) is 9.70. The normalized spacial score (nSPS) is 10.4. The Morgan fingerprint density at radius 3 is 2.07 bits per heavy atom. The second kappa shape index (κ2) is 11.8. The summed E-state index contributed by atoms with van der Waals surface area (Å²) in [6.07, 6.45) is 2.86. The van der Waals surface area contributed by atoms with Gasteiger partial charge in [0.25, 0.3) is 0 Å². The first kappa shape index (κ1) is 21.5. The Balaban J connectivity index is 2.06. The molecule has 1 N–H and O–H groups in total. The van der Waals surface area contributed by atoms with Crippen LogP contribution in [-0.2, 0) is 11.3 Å². The van der Waals surface area contributed by atoms with Crippen LogP contribution in [0.2, 0.25) is 0 Å². The maximum atomic E-state index is 14.6. The Morgan fingerprint density at radius 2 is 1.54 bits per heavy atom. The number of hydrogen-bond acceptors (Lipinski definition) is 4. The lowest BCUT2D eigenvalue weighted by molar-refractivity contribution is 0.155. The summed E-state index contributed by atoms with van der Waals surface area (Å²) in [5.74, 6) is -0.447. The van der Waals surface area contributed by atoms with Crippen molar-refractivity contribution in [2.45, 2.75) is 46.1 Å². The van der Waals surface area contributed by atoms with Gasteiger partial charge in [-0.3, -0.25) is 5.32 Å². The van der Waals surface area contributed by atoms with Gasteiger partial charge >= 0.3 is 6.09 Å². The first-order valence-electron chi connectivity index (χ1n) is 9.70. The van der Waals surface area contributed by atoms with Gasteiger partial charge in [-0.15, -0.1) is 0 Å². The Hall–Kier alpha value is -2.76. The molecule has 0 saturated carbocycles. The van der Waals surface area contributed by atoms with Crippen molar-refractivity contribution in [2.24, 2.45) is 0 Å². The number of carbonyl (C=O) groups is 1. The number of anilines is 1. The van der Waals surface area contributed by atoms with Crippen molar-refractivity contribution in [3.05, 3.63) is 53.8 Å². The number of benzene rings is 2. The largest absolute Gasteiger partial charge is 0.490 e. The van der Waals surface area contributed by atoms with Crippen LogP contribution in [0, 0.1) is 5.82 Å². The van der Waals surface area contributed by atoms with E-state index in [-0.39, 0.29) is 18.1 Å². The lowest BCUT2D eigenvalue weighted by Gasteiger charge is -2.14. The Bertz CT molecular complexity index is 706. The van der Waals surface area contributed by atoms with E-state index >= 15 is 0 Å². The molecule has 6 heteroatoms. The Labute approximate surface area is 165 Å². The van der Waals surface area contributed by atoms with E-state index in [0.717, 1.165) is 31.2 Å². The summed E-state index contributed by atoms with van der Waals surface area (Å²) >= 11 is 0. The third-order valence-electron chi connectivity index (χ3n) is 3.98. The van der Waals surface area contributed by atoms with Crippen molar-refractivity contribution in [3.63, 3.8) is 0 Å². The fraction of sp³-hybridized carbons (Fsp3) is 0.409. The zero-order valence-electron chi connectivity index (χ0n) is 16.5. The van der Waals surface area contributed by atoms with E-state index in [4.69, 9.17) is 14.2 Å². The van der Waals surface area contributed by atoms with Gasteiger partial charge in [0.05, 0.1) is 18.9 Å². The fourth-order valence-electron chi connectivity index (χ4n) is 2.38. The van der Waals surface area contributed by atoms with Crippen LogP contribution in [0.3, 0.4) is 0 Å². The van der Waals surface area contributed by atoms with E-state index in [2.05, 4.69) is 5.32 Å². The number of carbonyl (C=O) groups excluding carboxylic acids is 1. The van der Waals surface area contributed by atoms with Gasteiger partial charge in [0, 0.05) is 12.1 Å². The molecule has 0 radical (unpaired) electrons. The summed E-state index contributed by atoms with van der Waals surface area (Å²) in [7, 11) is 0. The maximum absolute atomic E-state index is 14.6. The summed E-state index contributed by atoms with van der Waals surface area (Å²) in [5, 5.41) is 2.61. The number of halogens is 1. The number of unbranched alkanes of at least 4 members (excludes halogenated alkanes) is 2. The van der Waals surface area contributed by atoms with Crippen LogP contribution in [-0.4, -0.2) is 19.3 Å². The zero-order valence-corrected chi connectivity index (χ0v) is 16.5. The molecule has 152 valence electrons. The van der Waals surface area contributed by atoms with Gasteiger partial charge in [-0.1, -0.05) is 57.0 Å². The third-order valence-corrected chi connectivity index (χ3v) is 3.98. The Morgan fingerprint density at radius 1 is 0.964 bits per heavy atom. The summed E-state index contributed by atoms with van der Waals surface area (Å²) in [5.41, 5.74) is 1.24. The van der Waals surface area contributed by atoms with Crippen LogP contribution in [0.5, 0.6) is 11.5 Å². The second-order valence-corrected chi connectivity index (χ2v) is 6.38. The molecule has 0 fully saturated rings. The third kappa shape index (κ3) is 7.10. The number of rotatable bonds is 11. The monoisotopic (exact) mass is 389 g/mol. The quantitative estimate of drug-likeness (QED) is 0.484. The molecule has 0 unspecified atom stereocenters. The molecule has 1 amide bonds. The van der Waals surface area contributed by atoms with Crippen molar-refractivity contribution >= 4 is 11.8 Å². The predicted octanol–water partition coefficient (Wildman–Crippen LogP) is 5.93. The van der Waals surface area contributed by atoms with Gasteiger partial charge in [0.2, 0.25) is 5.82 Å². The molecule has 2 aromatic carbocycles. The predicted molar refractivity (Wildman–Crippen MR) is 107 cm³/mol. The highest BCUT2D eigenvalue weighted by molar-refractivity contribution is 5.85. The molecule has 0 heterocycles. The van der Waals surface area contributed by atoms with Crippen molar-refractivity contribution in [1.82, 2.24) is 0 Å². The first-order chi connectivity index (χ1) is 13.6. The number of nitrogens with one attached hydrogen (secondary N) is 1. The standard InChI is InChI=1S/C22H28FNO4/c1-3-5-12-26-19-14-18(15-20(21(19)23)27-13-6-4-2)24-22(25)28-16-17-10-8-7-9-11-17/h7-11,14-15H,3-6,12-13,16H2,1-2H3,(H,24,25). The minimum atomic E-state index is -0.630. The molecule has 0 aliphatic rings. The lowest BCUT2D eigenvalue weighted by Crippen LogP contribution is -2.14. The average molecular weight is 389 g/mol. The molecule has 0 bridgehead atoms. The maximum Gasteiger partial charge on any atom is 0.411 e. The molecule has 5 nitrogen and oxygen atoms in total. The van der Waals surface area contributed by atoms with Crippen molar-refractivity contribution in [1.29, 1.82) is 0 Å². The van der Waals surface area contributed by atoms with E-state index in [1.807, 2.05) is 44.2 Å². The van der Waals surface area contributed by atoms with Gasteiger partial charge in [0.15, 0.2) is 11.5 Å². The summed E-state index contributed by atoms with van der Waals surface area (Å²) in [6, 6.07) is 12.3. The molecule has 0 aliphatic heterocycles. The topological polar surface area (TPSA) is 56.8 Å². The molecule has 0 aliphatic carbocycles. The average Bonchev–Trinajstić information content (AvgIpc) is 2.70. The Kier molecular flexibility index (Phi) is 9.11. The van der Waals surface area contributed by atoms with Crippen molar-refractivity contribution in [2.75, 3.05) is 18.5 Å². The van der Waals surface area contributed by atoms with Crippen LogP contribution in [0.4, 0.5) is 14.9 Å². The number of ether oxygens (including phenoxy) is 3. The zero-order chi connectivity index (χ0) is 20.2. The molecule has 28 heavy (non-hydrogen) atoms. The van der Waals surface area contributed by atoms with Gasteiger partial charge < -0.3 is 14.2 Å². The fourth-order valence-corrected chi connectivity index (χ4v) is 2.38. The van der Waals surface area contributed by atoms with Crippen LogP contribution in [0.25, 0.3) is 0 Å². The van der Waals surface area contributed by atoms with E-state index in [0.29, 0.717) is 18.9 Å². The van der Waals surface area contributed by atoms with Gasteiger partial charge in [-0.05, 0) is 18.4 Å². The highest BCUT2D eigenvalue weighted by atomic mass is 19.1. The summed E-state index contributed by atoms with van der Waals surface area (Å²) < 4.78 is 30.9. The minimum Gasteiger partial charge on any atom is -0.490 e. The molecule has 0 saturated heterocycles. The lowest BCUT2D eigenvalue weighted by atomic mass is 10.2. The smallest absolute Gasteiger partial charge is 0.411 e. The van der Waals surface area contributed by atoms with Crippen LogP contribution < -0.4 is 14.8 Å². The molecule has 0 atom stereocenters. The second-order valence-electron chi connectivity index (χ2n) is 6.38. The van der Waals surface area contributed by atoms with E-state index in [1.54, 1.807) is 0 Å². The minimum absolute atomic E-state index is 0.0563. The van der Waals surface area contributed by atoms with Gasteiger partial charge in [-0.25, -0.2) is 4.79 Å². The van der Waals surface area contributed by atoms with Crippen LogP contribution in [0.1, 0.15) is 45.1 Å². The van der Waals surface area contributed by atoms with Crippen LogP contribution in [0.15, 0.2) is 42.5 Å².